The lowest BCUT2D eigenvalue weighted by Gasteiger charge is -2.45. The van der Waals surface area contributed by atoms with Crippen LogP contribution < -0.4 is 10.1 Å². The van der Waals surface area contributed by atoms with Crippen LogP contribution in [-0.4, -0.2) is 51.7 Å². The zero-order valence-electron chi connectivity index (χ0n) is 19.8. The molecule has 0 saturated carbocycles. The molecule has 2 aromatic carbocycles. The summed E-state index contributed by atoms with van der Waals surface area (Å²) in [7, 11) is 1.61. The summed E-state index contributed by atoms with van der Waals surface area (Å²) in [5.74, 6) is 0.545. The van der Waals surface area contributed by atoms with Crippen LogP contribution in [0.15, 0.2) is 77.5 Å². The van der Waals surface area contributed by atoms with Gasteiger partial charge in [0.25, 0.3) is 0 Å². The van der Waals surface area contributed by atoms with Crippen molar-refractivity contribution in [3.8, 4) is 17.1 Å². The number of methoxy groups -OCH3 is 1. The molecule has 4 heterocycles. The SMILES string of the molecule is COc1cncc(C(Nc2cc3ccccc3o2)(c2ccc(-c3nn[nH]n3)cc2)C2(C)OCCO2)c1. The highest BCUT2D eigenvalue weighted by atomic mass is 16.7. The minimum atomic E-state index is -1.12. The molecule has 0 radical (unpaired) electrons. The lowest BCUT2D eigenvalue weighted by Crippen LogP contribution is -2.56. The fourth-order valence-corrected chi connectivity index (χ4v) is 4.80. The zero-order valence-corrected chi connectivity index (χ0v) is 19.8. The van der Waals surface area contributed by atoms with E-state index in [9.17, 15) is 0 Å². The molecule has 6 rings (SSSR count). The number of furan rings is 1. The summed E-state index contributed by atoms with van der Waals surface area (Å²) in [5.41, 5.74) is 2.14. The van der Waals surface area contributed by atoms with Crippen LogP contribution in [0.1, 0.15) is 18.1 Å². The van der Waals surface area contributed by atoms with Crippen LogP contribution in [0.25, 0.3) is 22.4 Å². The van der Waals surface area contributed by atoms with Crippen LogP contribution in [-0.2, 0) is 15.0 Å². The van der Waals surface area contributed by atoms with E-state index < -0.39 is 11.3 Å². The van der Waals surface area contributed by atoms with Gasteiger partial charge in [-0.05, 0) is 29.8 Å². The standard InChI is InChI=1S/C26H24N6O4/c1-25(34-11-12-35-25)26(20-14-21(33-2)16-27-15-20,28-23-13-18-5-3-4-6-22(18)36-23)19-9-7-17(8-10-19)24-29-31-32-30-24/h3-10,13-16,28H,11-12H2,1-2H3,(H,29,30,31,32). The largest absolute Gasteiger partial charge is 0.495 e. The first-order chi connectivity index (χ1) is 17.6. The molecule has 3 aromatic heterocycles. The average Bonchev–Trinajstić information content (AvgIpc) is 3.69. The van der Waals surface area contributed by atoms with Crippen LogP contribution in [0.3, 0.4) is 0 Å². The van der Waals surface area contributed by atoms with Crippen molar-refractivity contribution in [2.45, 2.75) is 18.2 Å². The van der Waals surface area contributed by atoms with Crippen LogP contribution in [0.4, 0.5) is 5.88 Å². The molecule has 1 unspecified atom stereocenters. The van der Waals surface area contributed by atoms with Crippen molar-refractivity contribution in [3.63, 3.8) is 0 Å². The van der Waals surface area contributed by atoms with E-state index in [1.54, 1.807) is 19.5 Å². The van der Waals surface area contributed by atoms with Gasteiger partial charge >= 0.3 is 0 Å². The van der Waals surface area contributed by atoms with Gasteiger partial charge in [-0.25, -0.2) is 0 Å². The number of aromatic nitrogens is 5. The second kappa shape index (κ2) is 8.74. The van der Waals surface area contributed by atoms with E-state index in [1.807, 2.05) is 67.6 Å². The Morgan fingerprint density at radius 1 is 1.00 bits per heavy atom. The number of fused-ring (bicyclic) bond motifs is 1. The van der Waals surface area contributed by atoms with Gasteiger partial charge in [0.2, 0.25) is 5.82 Å². The predicted molar refractivity (Wildman–Crippen MR) is 131 cm³/mol. The third-order valence-electron chi connectivity index (χ3n) is 6.56. The number of nitrogens with zero attached hydrogens (tertiary/aromatic N) is 4. The molecular formula is C26H24N6O4. The monoisotopic (exact) mass is 484 g/mol. The maximum atomic E-state index is 6.30. The molecule has 36 heavy (non-hydrogen) atoms. The Bertz CT molecular complexity index is 1450. The fraction of sp³-hybridized carbons (Fsp3) is 0.231. The third-order valence-corrected chi connectivity index (χ3v) is 6.56. The molecule has 1 aliphatic rings. The summed E-state index contributed by atoms with van der Waals surface area (Å²) in [6.45, 7) is 2.80. The maximum absolute atomic E-state index is 6.30. The summed E-state index contributed by atoms with van der Waals surface area (Å²) in [6.07, 6.45) is 3.44. The van der Waals surface area contributed by atoms with E-state index in [-0.39, 0.29) is 0 Å². The van der Waals surface area contributed by atoms with Gasteiger partial charge in [-0.15, -0.1) is 10.2 Å². The normalized spacial score (nSPS) is 16.6. The topological polar surface area (TPSA) is 120 Å². The van der Waals surface area contributed by atoms with Gasteiger partial charge in [0.15, 0.2) is 11.7 Å². The third kappa shape index (κ3) is 3.58. The lowest BCUT2D eigenvalue weighted by atomic mass is 9.76. The quantitative estimate of drug-likeness (QED) is 0.351. The Balaban J connectivity index is 1.57. The van der Waals surface area contributed by atoms with E-state index in [0.29, 0.717) is 30.7 Å². The van der Waals surface area contributed by atoms with Crippen molar-refractivity contribution in [1.82, 2.24) is 25.6 Å². The van der Waals surface area contributed by atoms with Gasteiger partial charge in [-0.1, -0.05) is 42.5 Å². The van der Waals surface area contributed by atoms with Crippen LogP contribution >= 0.6 is 0 Å². The molecule has 1 fully saturated rings. The number of benzene rings is 2. The summed E-state index contributed by atoms with van der Waals surface area (Å²) >= 11 is 0. The molecule has 1 atom stereocenters. The molecule has 0 amide bonds. The van der Waals surface area contributed by atoms with Gasteiger partial charge in [-0.2, -0.15) is 5.21 Å². The molecule has 5 aromatic rings. The Hall–Kier alpha value is -4.28. The Kier molecular flexibility index (Phi) is 5.39. The lowest BCUT2D eigenvalue weighted by molar-refractivity contribution is -0.178. The van der Waals surface area contributed by atoms with Gasteiger partial charge in [0.05, 0.1) is 26.5 Å². The smallest absolute Gasteiger partial charge is 0.204 e. The Labute approximate surface area is 206 Å². The second-order valence-electron chi connectivity index (χ2n) is 8.59. The number of anilines is 1. The van der Waals surface area contributed by atoms with Gasteiger partial charge in [0.1, 0.15) is 16.9 Å². The van der Waals surface area contributed by atoms with Crippen molar-refractivity contribution >= 4 is 16.9 Å². The van der Waals surface area contributed by atoms with E-state index in [2.05, 4.69) is 30.9 Å². The van der Waals surface area contributed by atoms with E-state index >= 15 is 0 Å². The number of H-pyrrole nitrogens is 1. The van der Waals surface area contributed by atoms with E-state index in [0.717, 1.165) is 27.7 Å². The molecule has 1 aliphatic heterocycles. The van der Waals surface area contributed by atoms with Crippen LogP contribution in [0.2, 0.25) is 0 Å². The number of para-hydroxylation sites is 1. The Morgan fingerprint density at radius 2 is 1.81 bits per heavy atom. The first-order valence-corrected chi connectivity index (χ1v) is 11.5. The highest BCUT2D eigenvalue weighted by Gasteiger charge is 2.56. The van der Waals surface area contributed by atoms with Gasteiger partial charge < -0.3 is 23.9 Å². The summed E-state index contributed by atoms with van der Waals surface area (Å²) in [4.78, 5) is 4.45. The first kappa shape index (κ1) is 22.2. The maximum Gasteiger partial charge on any atom is 0.204 e. The molecule has 0 aliphatic carbocycles. The second-order valence-corrected chi connectivity index (χ2v) is 8.59. The van der Waals surface area contributed by atoms with Crippen molar-refractivity contribution in [1.29, 1.82) is 0 Å². The molecule has 10 heteroatoms. The summed E-state index contributed by atoms with van der Waals surface area (Å²) in [5, 5.41) is 18.9. The van der Waals surface area contributed by atoms with Crippen molar-refractivity contribution in [2.75, 3.05) is 25.6 Å². The highest BCUT2D eigenvalue weighted by Crippen LogP contribution is 2.48. The molecule has 0 bridgehead atoms. The van der Waals surface area contributed by atoms with E-state index in [1.165, 1.54) is 0 Å². The zero-order chi connectivity index (χ0) is 24.6. The first-order valence-electron chi connectivity index (χ1n) is 11.5. The highest BCUT2D eigenvalue weighted by molar-refractivity contribution is 5.81. The molecule has 2 N–H and O–H groups in total. The van der Waals surface area contributed by atoms with E-state index in [4.69, 9.17) is 18.6 Å². The van der Waals surface area contributed by atoms with Crippen molar-refractivity contribution in [2.24, 2.45) is 0 Å². The number of hydrogen-bond acceptors (Lipinski definition) is 9. The number of aromatic amines is 1. The molecule has 0 spiro atoms. The van der Waals surface area contributed by atoms with Gasteiger partial charge in [-0.3, -0.25) is 4.98 Å². The number of nitrogens with one attached hydrogen (secondary N) is 2. The minimum Gasteiger partial charge on any atom is -0.495 e. The predicted octanol–water partition coefficient (Wildman–Crippen LogP) is 4.14. The number of pyridine rings is 1. The number of hydrogen-bond donors (Lipinski definition) is 2. The summed E-state index contributed by atoms with van der Waals surface area (Å²) in [6, 6.07) is 19.6. The molecule has 182 valence electrons. The van der Waals surface area contributed by atoms with Crippen LogP contribution in [0, 0.1) is 0 Å². The van der Waals surface area contributed by atoms with Crippen LogP contribution in [0.5, 0.6) is 5.75 Å². The number of ether oxygens (including phenoxy) is 3. The van der Waals surface area contributed by atoms with Crippen molar-refractivity contribution < 1.29 is 18.6 Å². The minimum absolute atomic E-state index is 0.443. The Morgan fingerprint density at radius 3 is 2.53 bits per heavy atom. The average molecular weight is 485 g/mol. The summed E-state index contributed by atoms with van der Waals surface area (Å²) < 4.78 is 24.3. The molecule has 10 nitrogen and oxygen atoms in total. The molecular weight excluding hydrogens is 460 g/mol. The number of tetrazole rings is 1. The fourth-order valence-electron chi connectivity index (χ4n) is 4.80. The van der Waals surface area contributed by atoms with Gasteiger partial charge in [0, 0.05) is 28.8 Å². The molecule has 1 saturated heterocycles. The van der Waals surface area contributed by atoms with Crippen molar-refractivity contribution in [3.05, 3.63) is 84.2 Å². The number of rotatable bonds is 7.